The molecule has 0 radical (unpaired) electrons. The van der Waals surface area contributed by atoms with Gasteiger partial charge in [0.25, 0.3) is 0 Å². The summed E-state index contributed by atoms with van der Waals surface area (Å²) in [6.45, 7) is 1.99. The Hall–Kier alpha value is -1.93. The predicted molar refractivity (Wildman–Crippen MR) is 72.4 cm³/mol. The summed E-state index contributed by atoms with van der Waals surface area (Å²) >= 11 is 0. The first-order chi connectivity index (χ1) is 8.76. The standard InChI is InChI=1S/C16H16O2/c1-12-8-9-14(13-6-4-3-5-7-13)10-15(12)16(11-17)18-2/h3-11,16H,1-2H3. The zero-order valence-corrected chi connectivity index (χ0v) is 10.6. The van der Waals surface area contributed by atoms with Crippen molar-refractivity contribution >= 4 is 6.29 Å². The Morgan fingerprint density at radius 1 is 1.06 bits per heavy atom. The maximum atomic E-state index is 11.0. The highest BCUT2D eigenvalue weighted by Gasteiger charge is 2.12. The topological polar surface area (TPSA) is 26.3 Å². The van der Waals surface area contributed by atoms with Crippen molar-refractivity contribution in [3.8, 4) is 11.1 Å². The Morgan fingerprint density at radius 2 is 1.78 bits per heavy atom. The second-order valence-corrected chi connectivity index (χ2v) is 4.23. The first-order valence-corrected chi connectivity index (χ1v) is 5.90. The SMILES string of the molecule is COC(C=O)c1cc(-c2ccccc2)ccc1C. The van der Waals surface area contributed by atoms with Gasteiger partial charge < -0.3 is 9.53 Å². The van der Waals surface area contributed by atoms with Gasteiger partial charge in [0.05, 0.1) is 0 Å². The molecule has 2 heteroatoms. The third-order valence-electron chi connectivity index (χ3n) is 3.07. The summed E-state index contributed by atoms with van der Waals surface area (Å²) in [5.74, 6) is 0. The van der Waals surface area contributed by atoms with Gasteiger partial charge >= 0.3 is 0 Å². The second kappa shape index (κ2) is 5.61. The molecule has 0 bridgehead atoms. The molecular formula is C16H16O2. The summed E-state index contributed by atoms with van der Waals surface area (Å²) in [7, 11) is 1.55. The van der Waals surface area contributed by atoms with Crippen LogP contribution in [-0.2, 0) is 9.53 Å². The fourth-order valence-corrected chi connectivity index (χ4v) is 2.01. The number of aryl methyl sites for hydroxylation is 1. The molecule has 0 N–H and O–H groups in total. The lowest BCUT2D eigenvalue weighted by Gasteiger charge is -2.13. The summed E-state index contributed by atoms with van der Waals surface area (Å²) in [6, 6.07) is 16.2. The van der Waals surface area contributed by atoms with Crippen LogP contribution in [0.3, 0.4) is 0 Å². The molecule has 1 unspecified atom stereocenters. The van der Waals surface area contributed by atoms with Gasteiger partial charge in [-0.25, -0.2) is 0 Å². The third-order valence-corrected chi connectivity index (χ3v) is 3.07. The predicted octanol–water partition coefficient (Wildman–Crippen LogP) is 3.55. The number of benzene rings is 2. The van der Waals surface area contributed by atoms with Crippen LogP contribution in [0.4, 0.5) is 0 Å². The summed E-state index contributed by atoms with van der Waals surface area (Å²) in [5.41, 5.74) is 4.22. The van der Waals surface area contributed by atoms with Gasteiger partial charge in [-0.1, -0.05) is 42.5 Å². The molecule has 0 fully saturated rings. The third kappa shape index (κ3) is 2.49. The van der Waals surface area contributed by atoms with Crippen LogP contribution in [0, 0.1) is 6.92 Å². The second-order valence-electron chi connectivity index (χ2n) is 4.23. The van der Waals surface area contributed by atoms with Crippen LogP contribution in [0.15, 0.2) is 48.5 Å². The Balaban J connectivity index is 2.47. The number of rotatable bonds is 4. The van der Waals surface area contributed by atoms with Crippen LogP contribution in [0.2, 0.25) is 0 Å². The van der Waals surface area contributed by atoms with E-state index in [-0.39, 0.29) is 0 Å². The molecule has 0 heterocycles. The zero-order chi connectivity index (χ0) is 13.0. The van der Waals surface area contributed by atoms with Gasteiger partial charge in [0.1, 0.15) is 6.10 Å². The molecule has 2 aromatic carbocycles. The minimum absolute atomic E-state index is 0.492. The maximum absolute atomic E-state index is 11.0. The molecule has 92 valence electrons. The highest BCUT2D eigenvalue weighted by atomic mass is 16.5. The number of ether oxygens (including phenoxy) is 1. The average Bonchev–Trinajstić information content (AvgIpc) is 2.43. The lowest BCUT2D eigenvalue weighted by atomic mass is 9.97. The van der Waals surface area contributed by atoms with E-state index in [0.717, 1.165) is 28.5 Å². The van der Waals surface area contributed by atoms with Crippen molar-refractivity contribution in [3.05, 3.63) is 59.7 Å². The lowest BCUT2D eigenvalue weighted by molar-refractivity contribution is -0.116. The Kier molecular flexibility index (Phi) is 3.90. The van der Waals surface area contributed by atoms with E-state index in [1.165, 1.54) is 0 Å². The quantitative estimate of drug-likeness (QED) is 0.764. The van der Waals surface area contributed by atoms with Crippen LogP contribution in [0.1, 0.15) is 17.2 Å². The fraction of sp³-hybridized carbons (Fsp3) is 0.188. The van der Waals surface area contributed by atoms with Crippen molar-refractivity contribution in [2.24, 2.45) is 0 Å². The van der Waals surface area contributed by atoms with Crippen LogP contribution < -0.4 is 0 Å². The zero-order valence-electron chi connectivity index (χ0n) is 10.6. The Labute approximate surface area is 107 Å². The van der Waals surface area contributed by atoms with Gasteiger partial charge in [0.2, 0.25) is 0 Å². The normalized spacial score (nSPS) is 12.1. The number of methoxy groups -OCH3 is 1. The smallest absolute Gasteiger partial charge is 0.153 e. The van der Waals surface area contributed by atoms with E-state index in [4.69, 9.17) is 4.74 Å². The highest BCUT2D eigenvalue weighted by molar-refractivity contribution is 5.68. The lowest BCUT2D eigenvalue weighted by Crippen LogP contribution is -2.04. The Morgan fingerprint density at radius 3 is 2.39 bits per heavy atom. The van der Waals surface area contributed by atoms with Gasteiger partial charge in [-0.2, -0.15) is 0 Å². The molecule has 2 rings (SSSR count). The first kappa shape index (κ1) is 12.5. The van der Waals surface area contributed by atoms with Crippen molar-refractivity contribution in [1.82, 2.24) is 0 Å². The number of aldehydes is 1. The molecule has 0 spiro atoms. The molecule has 2 nitrogen and oxygen atoms in total. The number of carbonyl (C=O) groups excluding carboxylic acids is 1. The number of hydrogen-bond acceptors (Lipinski definition) is 2. The Bertz CT molecular complexity index is 532. The van der Waals surface area contributed by atoms with Gasteiger partial charge in [-0.3, -0.25) is 0 Å². The summed E-state index contributed by atoms with van der Waals surface area (Å²) < 4.78 is 5.19. The summed E-state index contributed by atoms with van der Waals surface area (Å²) in [4.78, 5) is 11.0. The van der Waals surface area contributed by atoms with Gasteiger partial charge in [-0.05, 0) is 35.2 Å². The molecule has 0 aliphatic heterocycles. The van der Waals surface area contributed by atoms with Crippen molar-refractivity contribution in [2.45, 2.75) is 13.0 Å². The van der Waals surface area contributed by atoms with Gasteiger partial charge in [0.15, 0.2) is 6.29 Å². The van der Waals surface area contributed by atoms with E-state index in [9.17, 15) is 4.79 Å². The van der Waals surface area contributed by atoms with Crippen LogP contribution in [0.25, 0.3) is 11.1 Å². The van der Waals surface area contributed by atoms with E-state index in [1.807, 2.05) is 37.3 Å². The average molecular weight is 240 g/mol. The summed E-state index contributed by atoms with van der Waals surface area (Å²) in [6.07, 6.45) is 0.338. The maximum Gasteiger partial charge on any atom is 0.153 e. The molecule has 0 aliphatic rings. The molecule has 0 saturated carbocycles. The monoisotopic (exact) mass is 240 g/mol. The minimum atomic E-state index is -0.492. The molecule has 18 heavy (non-hydrogen) atoms. The molecule has 0 saturated heterocycles. The number of carbonyl (C=O) groups is 1. The molecule has 0 aromatic heterocycles. The first-order valence-electron chi connectivity index (χ1n) is 5.90. The highest BCUT2D eigenvalue weighted by Crippen LogP contribution is 2.26. The van der Waals surface area contributed by atoms with E-state index in [2.05, 4.69) is 18.2 Å². The van der Waals surface area contributed by atoms with E-state index in [1.54, 1.807) is 7.11 Å². The van der Waals surface area contributed by atoms with Crippen molar-refractivity contribution in [2.75, 3.05) is 7.11 Å². The van der Waals surface area contributed by atoms with Crippen molar-refractivity contribution in [1.29, 1.82) is 0 Å². The van der Waals surface area contributed by atoms with Crippen LogP contribution in [-0.4, -0.2) is 13.4 Å². The van der Waals surface area contributed by atoms with Crippen LogP contribution in [0.5, 0.6) is 0 Å². The summed E-state index contributed by atoms with van der Waals surface area (Å²) in [5, 5.41) is 0. The molecular weight excluding hydrogens is 224 g/mol. The van der Waals surface area contributed by atoms with Gasteiger partial charge in [0, 0.05) is 7.11 Å². The minimum Gasteiger partial charge on any atom is -0.369 e. The van der Waals surface area contributed by atoms with E-state index >= 15 is 0 Å². The van der Waals surface area contributed by atoms with Crippen molar-refractivity contribution in [3.63, 3.8) is 0 Å². The largest absolute Gasteiger partial charge is 0.369 e. The molecule has 2 aromatic rings. The van der Waals surface area contributed by atoms with Crippen molar-refractivity contribution < 1.29 is 9.53 Å². The van der Waals surface area contributed by atoms with E-state index in [0.29, 0.717) is 0 Å². The molecule has 1 atom stereocenters. The molecule has 0 aliphatic carbocycles. The van der Waals surface area contributed by atoms with Crippen LogP contribution >= 0.6 is 0 Å². The molecule has 0 amide bonds. The van der Waals surface area contributed by atoms with E-state index < -0.39 is 6.10 Å². The van der Waals surface area contributed by atoms with Gasteiger partial charge in [-0.15, -0.1) is 0 Å². The fourth-order valence-electron chi connectivity index (χ4n) is 2.01. The number of hydrogen-bond donors (Lipinski definition) is 0.